The molecule has 2 heterocycles. The quantitative estimate of drug-likeness (QED) is 0.767. The third-order valence-corrected chi connectivity index (χ3v) is 5.42. The zero-order valence-electron chi connectivity index (χ0n) is 14.3. The Morgan fingerprint density at radius 1 is 1.15 bits per heavy atom. The Labute approximate surface area is 159 Å². The van der Waals surface area contributed by atoms with Gasteiger partial charge in [0, 0.05) is 31.9 Å². The Morgan fingerprint density at radius 2 is 1.81 bits per heavy atom. The van der Waals surface area contributed by atoms with Crippen molar-refractivity contribution < 1.29 is 13.2 Å². The highest BCUT2D eigenvalue weighted by molar-refractivity contribution is 7.73. The fourth-order valence-electron chi connectivity index (χ4n) is 2.81. The van der Waals surface area contributed by atoms with Crippen molar-refractivity contribution in [1.29, 1.82) is 0 Å². The summed E-state index contributed by atoms with van der Waals surface area (Å²) in [5, 5.41) is 8.48. The number of halogens is 3. The summed E-state index contributed by atoms with van der Waals surface area (Å²) in [4.78, 5) is 3.50. The van der Waals surface area contributed by atoms with Gasteiger partial charge in [0.2, 0.25) is 5.13 Å². The van der Waals surface area contributed by atoms with Crippen LogP contribution in [0.4, 0.5) is 24.0 Å². The molecule has 1 aliphatic rings. The summed E-state index contributed by atoms with van der Waals surface area (Å²) in [6, 6.07) is 7.91. The Balaban J connectivity index is 1.57. The number of aryl methyl sites for hydroxylation is 1. The third kappa shape index (κ3) is 5.26. The molecule has 0 spiro atoms. The average Bonchev–Trinajstić information content (AvgIpc) is 2.90. The molecule has 1 saturated heterocycles. The lowest BCUT2D eigenvalue weighted by Gasteiger charge is -2.34. The summed E-state index contributed by atoms with van der Waals surface area (Å²) in [6.07, 6.45) is -4.14. The van der Waals surface area contributed by atoms with Crippen LogP contribution in [0.5, 0.6) is 0 Å². The first-order valence-corrected chi connectivity index (χ1v) is 9.45. The van der Waals surface area contributed by atoms with Gasteiger partial charge in [0.25, 0.3) is 0 Å². The van der Waals surface area contributed by atoms with E-state index >= 15 is 0 Å². The van der Waals surface area contributed by atoms with Gasteiger partial charge in [-0.15, -0.1) is 5.10 Å². The van der Waals surface area contributed by atoms with E-state index in [-0.39, 0.29) is 0 Å². The minimum Gasteiger partial charge on any atom is -0.330 e. The lowest BCUT2D eigenvalue weighted by atomic mass is 10.2. The highest BCUT2D eigenvalue weighted by atomic mass is 32.1. The molecule has 5 nitrogen and oxygen atoms in total. The molecule has 1 aromatic carbocycles. The van der Waals surface area contributed by atoms with Crippen LogP contribution in [0, 0.1) is 10.9 Å². The van der Waals surface area contributed by atoms with E-state index in [2.05, 4.69) is 15.3 Å². The summed E-state index contributed by atoms with van der Waals surface area (Å²) >= 11 is 6.76. The predicted octanol–water partition coefficient (Wildman–Crippen LogP) is 3.86. The molecule has 0 radical (unpaired) electrons. The van der Waals surface area contributed by atoms with Gasteiger partial charge >= 0.3 is 6.18 Å². The molecular formula is C16H20F3N5S2. The van der Waals surface area contributed by atoms with Gasteiger partial charge in [-0.05, 0) is 30.8 Å². The van der Waals surface area contributed by atoms with Crippen LogP contribution >= 0.6 is 23.6 Å². The maximum atomic E-state index is 12.5. The number of hydrogen-bond donors (Lipinski definition) is 1. The molecule has 0 unspecified atom stereocenters. The highest BCUT2D eigenvalue weighted by Crippen LogP contribution is 2.23. The largest absolute Gasteiger partial charge is 0.401 e. The average molecular weight is 403 g/mol. The number of anilines is 2. The van der Waals surface area contributed by atoms with E-state index in [0.29, 0.717) is 41.9 Å². The van der Waals surface area contributed by atoms with E-state index in [1.165, 1.54) is 16.2 Å². The zero-order chi connectivity index (χ0) is 18.7. The lowest BCUT2D eigenvalue weighted by Crippen LogP contribution is -2.49. The number of benzene rings is 1. The van der Waals surface area contributed by atoms with Gasteiger partial charge in [0.15, 0.2) is 3.95 Å². The van der Waals surface area contributed by atoms with Crippen molar-refractivity contribution in [2.75, 3.05) is 38.0 Å². The Morgan fingerprint density at radius 3 is 2.46 bits per heavy atom. The fourth-order valence-corrected chi connectivity index (χ4v) is 3.81. The summed E-state index contributed by atoms with van der Waals surface area (Å²) in [7, 11) is 0. The number of nitrogens with one attached hydrogen (secondary N) is 1. The van der Waals surface area contributed by atoms with Crippen molar-refractivity contribution in [3.8, 4) is 0 Å². The SMILES string of the molecule is Cc1ccccc1Nc1nn(CN2CCN(CC(F)(F)F)CC2)c(=S)s1. The number of piperazine rings is 1. The van der Waals surface area contributed by atoms with Gasteiger partial charge in [-0.3, -0.25) is 9.80 Å². The van der Waals surface area contributed by atoms with Gasteiger partial charge in [-0.1, -0.05) is 29.5 Å². The normalized spacial score (nSPS) is 16.8. The number of rotatable bonds is 5. The highest BCUT2D eigenvalue weighted by Gasteiger charge is 2.32. The number of hydrogen-bond acceptors (Lipinski definition) is 6. The van der Waals surface area contributed by atoms with Crippen LogP contribution in [0.25, 0.3) is 0 Å². The Hall–Kier alpha value is -1.49. The van der Waals surface area contributed by atoms with Crippen LogP contribution in [0.1, 0.15) is 5.56 Å². The number of alkyl halides is 3. The van der Waals surface area contributed by atoms with Crippen molar-refractivity contribution >= 4 is 34.4 Å². The second-order valence-corrected chi connectivity index (χ2v) is 7.89. The van der Waals surface area contributed by atoms with Crippen LogP contribution in [-0.2, 0) is 6.67 Å². The molecule has 0 saturated carbocycles. The minimum atomic E-state index is -4.14. The Kier molecular flexibility index (Phi) is 5.96. The van der Waals surface area contributed by atoms with E-state index < -0.39 is 12.7 Å². The molecule has 0 amide bonds. The molecule has 3 rings (SSSR count). The van der Waals surface area contributed by atoms with Crippen molar-refractivity contribution in [3.63, 3.8) is 0 Å². The third-order valence-electron chi connectivity index (χ3n) is 4.19. The van der Waals surface area contributed by atoms with Crippen LogP contribution in [0.15, 0.2) is 24.3 Å². The topological polar surface area (TPSA) is 36.3 Å². The molecule has 0 atom stereocenters. The van der Waals surface area contributed by atoms with E-state index in [0.717, 1.165) is 11.3 Å². The summed E-state index contributed by atoms with van der Waals surface area (Å²) in [6.45, 7) is 3.58. The van der Waals surface area contributed by atoms with E-state index in [9.17, 15) is 13.2 Å². The van der Waals surface area contributed by atoms with Crippen LogP contribution < -0.4 is 5.32 Å². The van der Waals surface area contributed by atoms with E-state index in [4.69, 9.17) is 12.2 Å². The lowest BCUT2D eigenvalue weighted by molar-refractivity contribution is -0.149. The van der Waals surface area contributed by atoms with Crippen molar-refractivity contribution in [2.45, 2.75) is 19.8 Å². The molecule has 1 aliphatic heterocycles. The molecular weight excluding hydrogens is 383 g/mol. The first-order valence-electron chi connectivity index (χ1n) is 8.22. The molecule has 26 heavy (non-hydrogen) atoms. The summed E-state index contributed by atoms with van der Waals surface area (Å²) in [5.41, 5.74) is 2.09. The van der Waals surface area contributed by atoms with Gasteiger partial charge in [0.05, 0.1) is 13.2 Å². The molecule has 0 aliphatic carbocycles. The van der Waals surface area contributed by atoms with Crippen LogP contribution in [0.2, 0.25) is 0 Å². The smallest absolute Gasteiger partial charge is 0.330 e. The number of nitrogens with zero attached hydrogens (tertiary/aromatic N) is 4. The van der Waals surface area contributed by atoms with Gasteiger partial charge in [-0.2, -0.15) is 13.2 Å². The fraction of sp³-hybridized carbons (Fsp3) is 0.500. The molecule has 142 valence electrons. The predicted molar refractivity (Wildman–Crippen MR) is 99.5 cm³/mol. The van der Waals surface area contributed by atoms with Crippen LogP contribution in [-0.4, -0.2) is 58.5 Å². The molecule has 0 bridgehead atoms. The van der Waals surface area contributed by atoms with Crippen molar-refractivity contribution in [2.24, 2.45) is 0 Å². The maximum absolute atomic E-state index is 12.5. The Bertz CT molecular complexity index is 794. The van der Waals surface area contributed by atoms with Crippen molar-refractivity contribution in [1.82, 2.24) is 19.6 Å². The standard InChI is InChI=1S/C16H20F3N5S2/c1-12-4-2-3-5-13(12)20-14-21-24(15(25)26-14)11-23-8-6-22(7-9-23)10-16(17,18)19/h2-5H,6-11H2,1H3,(H,20,21). The second-order valence-electron chi connectivity index (χ2n) is 6.26. The second kappa shape index (κ2) is 8.03. The van der Waals surface area contributed by atoms with E-state index in [1.807, 2.05) is 31.2 Å². The van der Waals surface area contributed by atoms with Gasteiger partial charge < -0.3 is 5.32 Å². The molecule has 2 aromatic rings. The maximum Gasteiger partial charge on any atom is 0.401 e. The zero-order valence-corrected chi connectivity index (χ0v) is 15.9. The van der Waals surface area contributed by atoms with Crippen molar-refractivity contribution in [3.05, 3.63) is 33.8 Å². The number of para-hydroxylation sites is 1. The summed E-state index contributed by atoms with van der Waals surface area (Å²) < 4.78 is 39.7. The summed E-state index contributed by atoms with van der Waals surface area (Å²) in [5.74, 6) is 0. The van der Waals surface area contributed by atoms with Gasteiger partial charge in [-0.25, -0.2) is 4.68 Å². The van der Waals surface area contributed by atoms with Crippen LogP contribution in [0.3, 0.4) is 0 Å². The number of aromatic nitrogens is 2. The molecule has 1 aromatic heterocycles. The molecule has 10 heteroatoms. The monoisotopic (exact) mass is 403 g/mol. The first kappa shape index (κ1) is 19.3. The van der Waals surface area contributed by atoms with E-state index in [1.54, 1.807) is 4.68 Å². The molecule has 1 N–H and O–H groups in total. The minimum absolute atomic E-state index is 0.394. The molecule has 1 fully saturated rings. The van der Waals surface area contributed by atoms with Gasteiger partial charge in [0.1, 0.15) is 0 Å². The first-order chi connectivity index (χ1) is 12.3.